The SMILES string of the molecule is Cc1cc(NC(=O)C2(C)CCCN2)on1. The van der Waals surface area contributed by atoms with Crippen LogP contribution in [0.5, 0.6) is 0 Å². The van der Waals surface area contributed by atoms with Crippen molar-refractivity contribution in [3.05, 3.63) is 11.8 Å². The molecule has 5 heteroatoms. The largest absolute Gasteiger partial charge is 0.338 e. The number of anilines is 1. The number of amides is 1. The summed E-state index contributed by atoms with van der Waals surface area (Å²) in [4.78, 5) is 11.9. The van der Waals surface area contributed by atoms with E-state index >= 15 is 0 Å². The van der Waals surface area contributed by atoms with E-state index in [1.165, 1.54) is 0 Å². The van der Waals surface area contributed by atoms with E-state index in [1.807, 2.05) is 13.8 Å². The summed E-state index contributed by atoms with van der Waals surface area (Å²) in [5.41, 5.74) is 0.288. The molecule has 1 aliphatic heterocycles. The highest BCUT2D eigenvalue weighted by Crippen LogP contribution is 2.20. The average molecular weight is 209 g/mol. The molecule has 1 saturated heterocycles. The van der Waals surface area contributed by atoms with Crippen LogP contribution in [0.3, 0.4) is 0 Å². The van der Waals surface area contributed by atoms with E-state index < -0.39 is 5.54 Å². The Bertz CT molecular complexity index is 366. The van der Waals surface area contributed by atoms with E-state index in [9.17, 15) is 4.79 Å². The molecule has 1 amide bonds. The van der Waals surface area contributed by atoms with Gasteiger partial charge in [0.2, 0.25) is 11.8 Å². The Morgan fingerprint density at radius 1 is 1.73 bits per heavy atom. The lowest BCUT2D eigenvalue weighted by molar-refractivity contribution is -0.121. The third-order valence-corrected chi connectivity index (χ3v) is 2.73. The highest BCUT2D eigenvalue weighted by Gasteiger charge is 2.36. The Balaban J connectivity index is 2.03. The number of aromatic nitrogens is 1. The molecule has 2 rings (SSSR count). The van der Waals surface area contributed by atoms with Crippen LogP contribution >= 0.6 is 0 Å². The molecule has 2 N–H and O–H groups in total. The van der Waals surface area contributed by atoms with Crippen molar-refractivity contribution in [3.8, 4) is 0 Å². The highest BCUT2D eigenvalue weighted by molar-refractivity contribution is 5.97. The maximum Gasteiger partial charge on any atom is 0.246 e. The number of rotatable bonds is 2. The molecule has 1 fully saturated rings. The first-order valence-electron chi connectivity index (χ1n) is 5.10. The summed E-state index contributed by atoms with van der Waals surface area (Å²) in [6.07, 6.45) is 1.88. The van der Waals surface area contributed by atoms with Crippen molar-refractivity contribution >= 4 is 11.8 Å². The maximum absolute atomic E-state index is 11.9. The van der Waals surface area contributed by atoms with Gasteiger partial charge in [-0.05, 0) is 33.2 Å². The van der Waals surface area contributed by atoms with E-state index in [1.54, 1.807) is 6.07 Å². The summed E-state index contributed by atoms with van der Waals surface area (Å²) < 4.78 is 4.93. The fraction of sp³-hybridized carbons (Fsp3) is 0.600. The lowest BCUT2D eigenvalue weighted by Gasteiger charge is -2.21. The van der Waals surface area contributed by atoms with Gasteiger partial charge in [0.25, 0.3) is 0 Å². The molecule has 0 aliphatic carbocycles. The van der Waals surface area contributed by atoms with Gasteiger partial charge in [0.1, 0.15) is 0 Å². The molecule has 0 spiro atoms. The van der Waals surface area contributed by atoms with E-state index in [-0.39, 0.29) is 5.91 Å². The first kappa shape index (κ1) is 10.2. The van der Waals surface area contributed by atoms with E-state index in [4.69, 9.17) is 4.52 Å². The molecule has 1 aromatic rings. The topological polar surface area (TPSA) is 67.2 Å². The van der Waals surface area contributed by atoms with E-state index in [0.29, 0.717) is 5.88 Å². The molecule has 0 saturated carbocycles. The molecular formula is C10H15N3O2. The Morgan fingerprint density at radius 2 is 2.53 bits per heavy atom. The zero-order valence-corrected chi connectivity index (χ0v) is 8.96. The molecule has 5 nitrogen and oxygen atoms in total. The van der Waals surface area contributed by atoms with Crippen LogP contribution in [0.25, 0.3) is 0 Å². The minimum absolute atomic E-state index is 0.0591. The lowest BCUT2D eigenvalue weighted by atomic mass is 9.99. The predicted octanol–water partition coefficient (Wildman–Crippen LogP) is 1.06. The standard InChI is InChI=1S/C10H15N3O2/c1-7-6-8(15-13-7)12-9(14)10(2)4-3-5-11-10/h6,11H,3-5H2,1-2H3,(H,12,14). The number of carbonyl (C=O) groups excluding carboxylic acids is 1. The van der Waals surface area contributed by atoms with Crippen LogP contribution in [0.15, 0.2) is 10.6 Å². The zero-order valence-electron chi connectivity index (χ0n) is 8.96. The number of aryl methyl sites for hydroxylation is 1. The van der Waals surface area contributed by atoms with Gasteiger partial charge in [0.05, 0.1) is 11.2 Å². The van der Waals surface area contributed by atoms with Gasteiger partial charge < -0.3 is 9.84 Å². The summed E-state index contributed by atoms with van der Waals surface area (Å²) in [6, 6.07) is 1.70. The minimum Gasteiger partial charge on any atom is -0.338 e. The van der Waals surface area contributed by atoms with Crippen molar-refractivity contribution in [2.75, 3.05) is 11.9 Å². The number of carbonyl (C=O) groups is 1. The second kappa shape index (κ2) is 3.66. The molecule has 1 aromatic heterocycles. The second-order valence-corrected chi connectivity index (χ2v) is 4.15. The van der Waals surface area contributed by atoms with Crippen molar-refractivity contribution in [2.45, 2.75) is 32.2 Å². The highest BCUT2D eigenvalue weighted by atomic mass is 16.5. The molecule has 15 heavy (non-hydrogen) atoms. The third-order valence-electron chi connectivity index (χ3n) is 2.73. The van der Waals surface area contributed by atoms with Crippen LogP contribution in [0.2, 0.25) is 0 Å². The Labute approximate surface area is 88.2 Å². The Morgan fingerprint density at radius 3 is 3.07 bits per heavy atom. The molecule has 1 unspecified atom stereocenters. The van der Waals surface area contributed by atoms with Gasteiger partial charge in [0, 0.05) is 6.07 Å². The van der Waals surface area contributed by atoms with Crippen molar-refractivity contribution in [1.82, 2.24) is 10.5 Å². The molecular weight excluding hydrogens is 194 g/mol. The monoisotopic (exact) mass is 209 g/mol. The van der Waals surface area contributed by atoms with E-state index in [2.05, 4.69) is 15.8 Å². The normalized spacial score (nSPS) is 25.5. The number of hydrogen-bond acceptors (Lipinski definition) is 4. The minimum atomic E-state index is -0.472. The van der Waals surface area contributed by atoms with Crippen LogP contribution < -0.4 is 10.6 Å². The van der Waals surface area contributed by atoms with Gasteiger partial charge in [-0.15, -0.1) is 0 Å². The average Bonchev–Trinajstić information content (AvgIpc) is 2.76. The van der Waals surface area contributed by atoms with Gasteiger partial charge in [-0.2, -0.15) is 0 Å². The first-order chi connectivity index (χ1) is 7.10. The van der Waals surface area contributed by atoms with E-state index in [0.717, 1.165) is 25.1 Å². The number of nitrogens with zero attached hydrogens (tertiary/aromatic N) is 1. The van der Waals surface area contributed by atoms with Gasteiger partial charge in [-0.25, -0.2) is 0 Å². The first-order valence-corrected chi connectivity index (χ1v) is 5.10. The molecule has 0 bridgehead atoms. The van der Waals surface area contributed by atoms with Crippen LogP contribution in [0, 0.1) is 6.92 Å². The third kappa shape index (κ3) is 2.02. The Kier molecular flexibility index (Phi) is 2.48. The van der Waals surface area contributed by atoms with Crippen molar-refractivity contribution in [3.63, 3.8) is 0 Å². The Hall–Kier alpha value is -1.36. The lowest BCUT2D eigenvalue weighted by Crippen LogP contribution is -2.47. The summed E-state index contributed by atoms with van der Waals surface area (Å²) >= 11 is 0. The predicted molar refractivity (Wildman–Crippen MR) is 55.5 cm³/mol. The molecule has 1 aliphatic rings. The van der Waals surface area contributed by atoms with Crippen LogP contribution in [0.4, 0.5) is 5.88 Å². The molecule has 82 valence electrons. The fourth-order valence-electron chi connectivity index (χ4n) is 1.76. The quantitative estimate of drug-likeness (QED) is 0.764. The molecule has 2 heterocycles. The van der Waals surface area contributed by atoms with Crippen molar-refractivity contribution in [2.24, 2.45) is 0 Å². The van der Waals surface area contributed by atoms with Gasteiger partial charge in [-0.3, -0.25) is 10.1 Å². The van der Waals surface area contributed by atoms with Gasteiger partial charge in [0.15, 0.2) is 0 Å². The molecule has 0 aromatic carbocycles. The van der Waals surface area contributed by atoms with Crippen molar-refractivity contribution < 1.29 is 9.32 Å². The van der Waals surface area contributed by atoms with Crippen LogP contribution in [-0.2, 0) is 4.79 Å². The summed E-state index contributed by atoms with van der Waals surface area (Å²) in [6.45, 7) is 4.60. The molecule has 0 radical (unpaired) electrons. The van der Waals surface area contributed by atoms with Crippen LogP contribution in [-0.4, -0.2) is 23.1 Å². The van der Waals surface area contributed by atoms with Crippen molar-refractivity contribution in [1.29, 1.82) is 0 Å². The fourth-order valence-corrected chi connectivity index (χ4v) is 1.76. The summed E-state index contributed by atoms with van der Waals surface area (Å²) in [5, 5.41) is 9.61. The maximum atomic E-state index is 11.9. The second-order valence-electron chi connectivity index (χ2n) is 4.15. The zero-order chi connectivity index (χ0) is 10.9. The summed E-state index contributed by atoms with van der Waals surface area (Å²) in [7, 11) is 0. The van der Waals surface area contributed by atoms with Gasteiger partial charge in [-0.1, -0.05) is 5.16 Å². The smallest absolute Gasteiger partial charge is 0.246 e. The van der Waals surface area contributed by atoms with Crippen LogP contribution in [0.1, 0.15) is 25.5 Å². The van der Waals surface area contributed by atoms with Gasteiger partial charge >= 0.3 is 0 Å². The number of nitrogens with one attached hydrogen (secondary N) is 2. The number of hydrogen-bond donors (Lipinski definition) is 2. The molecule has 1 atom stereocenters. The summed E-state index contributed by atoms with van der Waals surface area (Å²) in [5.74, 6) is 0.351.